The fourth-order valence-corrected chi connectivity index (χ4v) is 3.56. The van der Waals surface area contributed by atoms with Crippen LogP contribution in [-0.4, -0.2) is 23.6 Å². The quantitative estimate of drug-likeness (QED) is 0.740. The first kappa shape index (κ1) is 12.3. The van der Waals surface area contributed by atoms with Crippen molar-refractivity contribution >= 4 is 0 Å². The molecule has 1 aliphatic carbocycles. The molecule has 21 heavy (non-hydrogen) atoms. The third kappa shape index (κ3) is 1.87. The van der Waals surface area contributed by atoms with Crippen LogP contribution in [-0.2, 0) is 6.42 Å². The Morgan fingerprint density at radius 2 is 2.24 bits per heavy atom. The van der Waals surface area contributed by atoms with Crippen LogP contribution in [0.4, 0.5) is 0 Å². The zero-order valence-electron chi connectivity index (χ0n) is 11.7. The molecule has 1 atom stereocenters. The van der Waals surface area contributed by atoms with Crippen molar-refractivity contribution in [3.05, 3.63) is 65.4 Å². The summed E-state index contributed by atoms with van der Waals surface area (Å²) in [5.74, 6) is 0.978. The van der Waals surface area contributed by atoms with Gasteiger partial charge in [0.25, 0.3) is 0 Å². The highest BCUT2D eigenvalue weighted by molar-refractivity contribution is 5.53. The van der Waals surface area contributed by atoms with Crippen LogP contribution in [0, 0.1) is 11.3 Å². The number of ether oxygens (including phenoxy) is 1. The molecule has 0 fully saturated rings. The molecule has 0 aromatic heterocycles. The largest absolute Gasteiger partial charge is 0.480 e. The van der Waals surface area contributed by atoms with Gasteiger partial charge in [0.05, 0.1) is 12.6 Å². The average molecular weight is 276 g/mol. The van der Waals surface area contributed by atoms with E-state index in [-0.39, 0.29) is 5.60 Å². The number of hydrogen-bond acceptors (Lipinski definition) is 3. The van der Waals surface area contributed by atoms with E-state index in [4.69, 9.17) is 10.00 Å². The lowest BCUT2D eigenvalue weighted by atomic mass is 9.79. The molecule has 0 saturated carbocycles. The molecule has 1 aromatic rings. The Kier molecular flexibility index (Phi) is 2.65. The molecular formula is C18H16N2O. The SMILES string of the molecule is N#CCN1C=C2CC=CC=C2C2(Cc3ccccc3O2)C1. The maximum atomic E-state index is 9.03. The van der Waals surface area contributed by atoms with Gasteiger partial charge in [0.1, 0.15) is 12.3 Å². The Labute approximate surface area is 124 Å². The van der Waals surface area contributed by atoms with Crippen LogP contribution in [0.1, 0.15) is 12.0 Å². The summed E-state index contributed by atoms with van der Waals surface area (Å²) in [4.78, 5) is 2.08. The van der Waals surface area contributed by atoms with Crippen molar-refractivity contribution in [1.82, 2.24) is 4.90 Å². The Morgan fingerprint density at radius 3 is 3.10 bits per heavy atom. The minimum Gasteiger partial charge on any atom is -0.480 e. The summed E-state index contributed by atoms with van der Waals surface area (Å²) < 4.78 is 6.39. The maximum absolute atomic E-state index is 9.03. The van der Waals surface area contributed by atoms with Crippen molar-refractivity contribution < 1.29 is 4.74 Å². The van der Waals surface area contributed by atoms with Crippen molar-refractivity contribution in [2.24, 2.45) is 0 Å². The summed E-state index contributed by atoms with van der Waals surface area (Å²) in [5.41, 5.74) is 3.46. The molecule has 1 spiro atoms. The van der Waals surface area contributed by atoms with Crippen molar-refractivity contribution in [3.63, 3.8) is 0 Å². The first-order chi connectivity index (χ1) is 10.3. The van der Waals surface area contributed by atoms with E-state index >= 15 is 0 Å². The van der Waals surface area contributed by atoms with Crippen LogP contribution in [0.2, 0.25) is 0 Å². The second-order valence-corrected chi connectivity index (χ2v) is 5.81. The van der Waals surface area contributed by atoms with Gasteiger partial charge >= 0.3 is 0 Å². The molecular weight excluding hydrogens is 260 g/mol. The molecule has 0 N–H and O–H groups in total. The molecule has 0 radical (unpaired) electrons. The highest BCUT2D eigenvalue weighted by Gasteiger charge is 2.46. The molecule has 1 aromatic carbocycles. The van der Waals surface area contributed by atoms with Crippen LogP contribution in [0.5, 0.6) is 5.75 Å². The number of allylic oxidation sites excluding steroid dienone is 3. The van der Waals surface area contributed by atoms with E-state index < -0.39 is 0 Å². The summed E-state index contributed by atoms with van der Waals surface area (Å²) >= 11 is 0. The average Bonchev–Trinajstić information content (AvgIpc) is 2.86. The Morgan fingerprint density at radius 1 is 1.33 bits per heavy atom. The fraction of sp³-hybridized carbons (Fsp3) is 0.278. The van der Waals surface area contributed by atoms with E-state index in [1.165, 1.54) is 16.7 Å². The highest BCUT2D eigenvalue weighted by atomic mass is 16.5. The third-order valence-corrected chi connectivity index (χ3v) is 4.40. The molecule has 2 heterocycles. The van der Waals surface area contributed by atoms with E-state index in [2.05, 4.69) is 47.5 Å². The third-order valence-electron chi connectivity index (χ3n) is 4.40. The lowest BCUT2D eigenvalue weighted by Crippen LogP contribution is -2.50. The van der Waals surface area contributed by atoms with Gasteiger partial charge in [0, 0.05) is 18.2 Å². The Hall–Kier alpha value is -2.47. The molecule has 4 rings (SSSR count). The van der Waals surface area contributed by atoms with Gasteiger partial charge in [-0.15, -0.1) is 0 Å². The summed E-state index contributed by atoms with van der Waals surface area (Å²) in [6.07, 6.45) is 10.3. The molecule has 0 amide bonds. The predicted octanol–water partition coefficient (Wildman–Crippen LogP) is 2.97. The zero-order valence-corrected chi connectivity index (χ0v) is 11.7. The number of hydrogen-bond donors (Lipinski definition) is 0. The molecule has 0 saturated heterocycles. The van der Waals surface area contributed by atoms with Gasteiger partial charge in [-0.25, -0.2) is 0 Å². The summed E-state index contributed by atoms with van der Waals surface area (Å²) in [6, 6.07) is 10.5. The molecule has 3 heteroatoms. The Balaban J connectivity index is 1.78. The van der Waals surface area contributed by atoms with Gasteiger partial charge in [-0.2, -0.15) is 5.26 Å². The highest BCUT2D eigenvalue weighted by Crippen LogP contribution is 2.45. The maximum Gasteiger partial charge on any atom is 0.156 e. The number of para-hydroxylation sites is 1. The number of fused-ring (bicyclic) bond motifs is 3. The van der Waals surface area contributed by atoms with Gasteiger partial charge in [0.15, 0.2) is 5.60 Å². The smallest absolute Gasteiger partial charge is 0.156 e. The monoisotopic (exact) mass is 276 g/mol. The standard InChI is InChI=1S/C18H16N2O/c19-9-10-20-12-15-6-1-3-7-16(15)18(13-20)11-14-5-2-4-8-17(14)21-18/h1-5,7-8,12H,6,10-11,13H2. The molecule has 2 aliphatic heterocycles. The molecule has 1 unspecified atom stereocenters. The molecule has 3 aliphatic rings. The fourth-order valence-electron chi connectivity index (χ4n) is 3.56. The van der Waals surface area contributed by atoms with E-state index in [9.17, 15) is 0 Å². The molecule has 3 nitrogen and oxygen atoms in total. The molecule has 0 bridgehead atoms. The lowest BCUT2D eigenvalue weighted by molar-refractivity contribution is 0.0945. The van der Waals surface area contributed by atoms with Crippen LogP contribution >= 0.6 is 0 Å². The van der Waals surface area contributed by atoms with Gasteiger partial charge in [0.2, 0.25) is 0 Å². The van der Waals surface area contributed by atoms with Gasteiger partial charge in [-0.05, 0) is 23.6 Å². The summed E-state index contributed by atoms with van der Waals surface area (Å²) in [6.45, 7) is 1.14. The van der Waals surface area contributed by atoms with Crippen LogP contribution in [0.25, 0.3) is 0 Å². The van der Waals surface area contributed by atoms with E-state index in [1.54, 1.807) is 0 Å². The van der Waals surface area contributed by atoms with E-state index in [1.807, 2.05) is 12.1 Å². The van der Waals surface area contributed by atoms with E-state index in [0.29, 0.717) is 6.54 Å². The first-order valence-corrected chi connectivity index (χ1v) is 7.27. The van der Waals surface area contributed by atoms with Crippen LogP contribution in [0.15, 0.2) is 59.8 Å². The number of nitriles is 1. The van der Waals surface area contributed by atoms with Gasteiger partial charge in [-0.3, -0.25) is 0 Å². The summed E-state index contributed by atoms with van der Waals surface area (Å²) in [5, 5.41) is 9.03. The van der Waals surface area contributed by atoms with Gasteiger partial charge in [-0.1, -0.05) is 36.4 Å². The van der Waals surface area contributed by atoms with Crippen LogP contribution in [0.3, 0.4) is 0 Å². The van der Waals surface area contributed by atoms with Crippen LogP contribution < -0.4 is 4.74 Å². The topological polar surface area (TPSA) is 36.3 Å². The second kappa shape index (κ2) is 4.53. The number of nitrogens with zero attached hydrogens (tertiary/aromatic N) is 2. The molecule has 104 valence electrons. The normalized spacial score (nSPS) is 25.6. The van der Waals surface area contributed by atoms with Gasteiger partial charge < -0.3 is 9.64 Å². The van der Waals surface area contributed by atoms with Crippen molar-refractivity contribution in [2.75, 3.05) is 13.1 Å². The number of rotatable bonds is 1. The summed E-state index contributed by atoms with van der Waals surface area (Å²) in [7, 11) is 0. The van der Waals surface area contributed by atoms with Crippen molar-refractivity contribution in [2.45, 2.75) is 18.4 Å². The van der Waals surface area contributed by atoms with E-state index in [0.717, 1.165) is 25.1 Å². The van der Waals surface area contributed by atoms with Crippen molar-refractivity contribution in [3.8, 4) is 11.8 Å². The number of benzene rings is 1. The first-order valence-electron chi connectivity index (χ1n) is 7.27. The van der Waals surface area contributed by atoms with Crippen molar-refractivity contribution in [1.29, 1.82) is 5.26 Å². The predicted molar refractivity (Wildman–Crippen MR) is 80.6 cm³/mol. The second-order valence-electron chi connectivity index (χ2n) is 5.81. The minimum atomic E-state index is -0.338. The lowest BCUT2D eigenvalue weighted by Gasteiger charge is -2.41. The zero-order chi connectivity index (χ0) is 14.3. The Bertz CT molecular complexity index is 696. The minimum absolute atomic E-state index is 0.338.